The highest BCUT2D eigenvalue weighted by Crippen LogP contribution is 2.27. The lowest BCUT2D eigenvalue weighted by Crippen LogP contribution is -2.40. The maximum absolute atomic E-state index is 13.9. The molecular formula is C13H17BrFNO3S. The van der Waals surface area contributed by atoms with E-state index < -0.39 is 15.8 Å². The largest absolute Gasteiger partial charge is 0.396 e. The fourth-order valence-electron chi connectivity index (χ4n) is 2.49. The summed E-state index contributed by atoms with van der Waals surface area (Å²) in [5.74, 6) is -0.606. The van der Waals surface area contributed by atoms with Gasteiger partial charge in [-0.2, -0.15) is 4.31 Å². The summed E-state index contributed by atoms with van der Waals surface area (Å²) < 4.78 is 40.7. The van der Waals surface area contributed by atoms with Gasteiger partial charge in [-0.25, -0.2) is 12.8 Å². The molecule has 1 unspecified atom stereocenters. The van der Waals surface area contributed by atoms with E-state index in [9.17, 15) is 12.8 Å². The maximum Gasteiger partial charge on any atom is 0.245 e. The number of nitrogens with zero attached hydrogens (tertiary/aromatic N) is 1. The number of rotatable bonds is 4. The van der Waals surface area contributed by atoms with Crippen molar-refractivity contribution in [1.82, 2.24) is 4.31 Å². The van der Waals surface area contributed by atoms with Crippen LogP contribution in [0, 0.1) is 11.7 Å². The Morgan fingerprint density at radius 2 is 2.20 bits per heavy atom. The molecule has 1 aromatic carbocycles. The molecule has 0 spiro atoms. The SMILES string of the molecule is O=S(=O)(c1ccc(Br)cc1F)N1CCCC(CCO)C1. The average Bonchev–Trinajstić information content (AvgIpc) is 2.39. The van der Waals surface area contributed by atoms with Crippen LogP contribution >= 0.6 is 15.9 Å². The number of piperidine rings is 1. The van der Waals surface area contributed by atoms with Crippen LogP contribution in [0.15, 0.2) is 27.6 Å². The van der Waals surface area contributed by atoms with Gasteiger partial charge < -0.3 is 5.11 Å². The number of aliphatic hydroxyl groups is 1. The van der Waals surface area contributed by atoms with Crippen molar-refractivity contribution < 1.29 is 17.9 Å². The van der Waals surface area contributed by atoms with E-state index in [1.54, 1.807) is 0 Å². The second kappa shape index (κ2) is 6.51. The second-order valence-electron chi connectivity index (χ2n) is 4.96. The Morgan fingerprint density at radius 1 is 1.45 bits per heavy atom. The number of sulfonamides is 1. The number of halogens is 2. The van der Waals surface area contributed by atoms with Gasteiger partial charge in [-0.1, -0.05) is 15.9 Å². The molecule has 0 radical (unpaired) electrons. The fraction of sp³-hybridized carbons (Fsp3) is 0.538. The van der Waals surface area contributed by atoms with E-state index in [0.29, 0.717) is 24.0 Å². The smallest absolute Gasteiger partial charge is 0.245 e. The van der Waals surface area contributed by atoms with Gasteiger partial charge in [0.1, 0.15) is 10.7 Å². The summed E-state index contributed by atoms with van der Waals surface area (Å²) >= 11 is 3.11. The van der Waals surface area contributed by atoms with Crippen LogP contribution in [0.4, 0.5) is 4.39 Å². The third kappa shape index (κ3) is 3.39. The minimum absolute atomic E-state index is 0.0468. The molecule has 0 aromatic heterocycles. The summed E-state index contributed by atoms with van der Waals surface area (Å²) in [4.78, 5) is -0.287. The van der Waals surface area contributed by atoms with Gasteiger partial charge >= 0.3 is 0 Å². The van der Waals surface area contributed by atoms with Gasteiger partial charge in [-0.15, -0.1) is 0 Å². The molecule has 7 heteroatoms. The van der Waals surface area contributed by atoms with E-state index in [-0.39, 0.29) is 17.4 Å². The molecule has 0 bridgehead atoms. The molecule has 0 saturated carbocycles. The molecule has 1 aliphatic rings. The van der Waals surface area contributed by atoms with Crippen LogP contribution in [0.3, 0.4) is 0 Å². The van der Waals surface area contributed by atoms with Gasteiger partial charge in [0.25, 0.3) is 0 Å². The van der Waals surface area contributed by atoms with Crippen LogP contribution in [0.1, 0.15) is 19.3 Å². The van der Waals surface area contributed by atoms with Gasteiger partial charge in [-0.05, 0) is 43.4 Å². The number of hydrogen-bond acceptors (Lipinski definition) is 3. The van der Waals surface area contributed by atoms with E-state index in [1.807, 2.05) is 0 Å². The van der Waals surface area contributed by atoms with E-state index in [2.05, 4.69) is 15.9 Å². The quantitative estimate of drug-likeness (QED) is 0.890. The Kier molecular flexibility index (Phi) is 5.17. The molecule has 1 atom stereocenters. The van der Waals surface area contributed by atoms with E-state index >= 15 is 0 Å². The molecule has 1 saturated heterocycles. The highest BCUT2D eigenvalue weighted by molar-refractivity contribution is 9.10. The zero-order valence-corrected chi connectivity index (χ0v) is 13.3. The topological polar surface area (TPSA) is 57.6 Å². The first-order valence-electron chi connectivity index (χ1n) is 6.51. The molecule has 4 nitrogen and oxygen atoms in total. The van der Waals surface area contributed by atoms with Gasteiger partial charge in [0.2, 0.25) is 10.0 Å². The summed E-state index contributed by atoms with van der Waals surface area (Å²) in [5, 5.41) is 8.97. The second-order valence-corrected chi connectivity index (χ2v) is 7.78. The van der Waals surface area contributed by atoms with Crippen molar-refractivity contribution in [3.8, 4) is 0 Å². The number of aliphatic hydroxyl groups excluding tert-OH is 1. The third-order valence-corrected chi connectivity index (χ3v) is 5.92. The average molecular weight is 366 g/mol. The molecule has 1 aliphatic heterocycles. The standard InChI is InChI=1S/C13H17BrFNO3S/c14-11-3-4-13(12(15)8-11)20(18,19)16-6-1-2-10(9-16)5-7-17/h3-4,8,10,17H,1-2,5-7,9H2. The van der Waals surface area contributed by atoms with E-state index in [1.165, 1.54) is 16.4 Å². The molecule has 20 heavy (non-hydrogen) atoms. The predicted molar refractivity (Wildman–Crippen MR) is 77.3 cm³/mol. The van der Waals surface area contributed by atoms with Crippen LogP contribution in [0.5, 0.6) is 0 Å². The maximum atomic E-state index is 13.9. The van der Waals surface area contributed by atoms with Crippen molar-refractivity contribution in [3.63, 3.8) is 0 Å². The van der Waals surface area contributed by atoms with Crippen LogP contribution in [-0.2, 0) is 10.0 Å². The first-order chi connectivity index (χ1) is 9.45. The lowest BCUT2D eigenvalue weighted by Gasteiger charge is -2.31. The monoisotopic (exact) mass is 365 g/mol. The fourth-order valence-corrected chi connectivity index (χ4v) is 4.42. The highest BCUT2D eigenvalue weighted by atomic mass is 79.9. The summed E-state index contributed by atoms with van der Waals surface area (Å²) in [5.41, 5.74) is 0. The van der Waals surface area contributed by atoms with Crippen molar-refractivity contribution in [2.24, 2.45) is 5.92 Å². The van der Waals surface area contributed by atoms with E-state index in [4.69, 9.17) is 5.11 Å². The van der Waals surface area contributed by atoms with Gasteiger partial charge in [0.15, 0.2) is 0 Å². The Balaban J connectivity index is 2.25. The summed E-state index contributed by atoms with van der Waals surface area (Å²) in [6.07, 6.45) is 2.21. The Labute approximate surface area is 126 Å². The van der Waals surface area contributed by atoms with Crippen molar-refractivity contribution in [2.75, 3.05) is 19.7 Å². The molecule has 1 aromatic rings. The first-order valence-corrected chi connectivity index (χ1v) is 8.74. The molecule has 1 N–H and O–H groups in total. The Morgan fingerprint density at radius 3 is 2.85 bits per heavy atom. The van der Waals surface area contributed by atoms with Crippen molar-refractivity contribution in [1.29, 1.82) is 0 Å². The molecule has 1 fully saturated rings. The van der Waals surface area contributed by atoms with Gasteiger partial charge in [-0.3, -0.25) is 0 Å². The van der Waals surface area contributed by atoms with Gasteiger partial charge in [0, 0.05) is 24.2 Å². The van der Waals surface area contributed by atoms with Gasteiger partial charge in [0.05, 0.1) is 0 Å². The predicted octanol–water partition coefficient (Wildman–Crippen LogP) is 2.37. The zero-order chi connectivity index (χ0) is 14.8. The molecule has 2 rings (SSSR count). The molecular weight excluding hydrogens is 349 g/mol. The van der Waals surface area contributed by atoms with Crippen LogP contribution in [-0.4, -0.2) is 37.5 Å². The highest BCUT2D eigenvalue weighted by Gasteiger charge is 2.31. The third-order valence-electron chi connectivity index (χ3n) is 3.53. The van der Waals surface area contributed by atoms with Crippen molar-refractivity contribution >= 4 is 26.0 Å². The molecule has 1 heterocycles. The molecule has 0 aliphatic carbocycles. The number of benzene rings is 1. The van der Waals surface area contributed by atoms with E-state index in [0.717, 1.165) is 18.9 Å². The normalized spacial score (nSPS) is 21.1. The molecule has 112 valence electrons. The minimum Gasteiger partial charge on any atom is -0.396 e. The minimum atomic E-state index is -3.80. The number of hydrogen-bond donors (Lipinski definition) is 1. The summed E-state index contributed by atoms with van der Waals surface area (Å²) in [6.45, 7) is 0.795. The summed E-state index contributed by atoms with van der Waals surface area (Å²) in [6, 6.07) is 3.96. The van der Waals surface area contributed by atoms with Crippen LogP contribution < -0.4 is 0 Å². The van der Waals surface area contributed by atoms with Crippen LogP contribution in [0.2, 0.25) is 0 Å². The molecule has 0 amide bonds. The lowest BCUT2D eigenvalue weighted by atomic mass is 9.97. The summed E-state index contributed by atoms with van der Waals surface area (Å²) in [7, 11) is -3.80. The lowest BCUT2D eigenvalue weighted by molar-refractivity contribution is 0.202. The Bertz CT molecular complexity index is 577. The van der Waals surface area contributed by atoms with Crippen molar-refractivity contribution in [2.45, 2.75) is 24.2 Å². The Hall–Kier alpha value is -0.500. The van der Waals surface area contributed by atoms with Crippen LogP contribution in [0.25, 0.3) is 0 Å². The first kappa shape index (κ1) is 15.9. The van der Waals surface area contributed by atoms with Crippen molar-refractivity contribution in [3.05, 3.63) is 28.5 Å². The zero-order valence-electron chi connectivity index (χ0n) is 10.9.